The van der Waals surface area contributed by atoms with E-state index >= 15 is 0 Å². The number of likely N-dealkylation sites (tertiary alicyclic amines) is 1. The highest BCUT2D eigenvalue weighted by atomic mass is 35.5. The smallest absolute Gasteiger partial charge is 0.322 e. The van der Waals surface area contributed by atoms with Crippen molar-refractivity contribution in [3.8, 4) is 0 Å². The highest BCUT2D eigenvalue weighted by Gasteiger charge is 2.32. The summed E-state index contributed by atoms with van der Waals surface area (Å²) in [7, 11) is 1.46. The molecule has 4 nitrogen and oxygen atoms in total. The molecule has 0 saturated carbocycles. The average molecular weight is 249 g/mol. The minimum absolute atomic E-state index is 0. The fourth-order valence-electron chi connectivity index (χ4n) is 2.64. The van der Waals surface area contributed by atoms with Crippen LogP contribution >= 0.6 is 12.4 Å². The lowest BCUT2D eigenvalue weighted by molar-refractivity contribution is -0.146. The van der Waals surface area contributed by atoms with Crippen LogP contribution in [0.15, 0.2) is 0 Å². The minimum Gasteiger partial charge on any atom is -0.468 e. The van der Waals surface area contributed by atoms with Crippen molar-refractivity contribution in [1.29, 1.82) is 0 Å². The van der Waals surface area contributed by atoms with Gasteiger partial charge in [0.05, 0.1) is 7.11 Å². The Labute approximate surface area is 103 Å². The summed E-state index contributed by atoms with van der Waals surface area (Å²) in [6.45, 7) is 3.92. The number of nitrogens with one attached hydrogen (secondary N) is 1. The molecule has 0 aliphatic carbocycles. The molecular formula is C11H21ClN2O2. The average Bonchev–Trinajstić information content (AvgIpc) is 2.56. The third kappa shape index (κ3) is 2.87. The van der Waals surface area contributed by atoms with Gasteiger partial charge in [-0.1, -0.05) is 0 Å². The fourth-order valence-corrected chi connectivity index (χ4v) is 2.64. The van der Waals surface area contributed by atoms with Crippen molar-refractivity contribution in [2.24, 2.45) is 0 Å². The first kappa shape index (κ1) is 13.7. The first-order valence-corrected chi connectivity index (χ1v) is 5.78. The van der Waals surface area contributed by atoms with Crippen molar-refractivity contribution in [1.82, 2.24) is 10.2 Å². The van der Waals surface area contributed by atoms with Crippen molar-refractivity contribution >= 4 is 18.4 Å². The van der Waals surface area contributed by atoms with Crippen molar-refractivity contribution in [2.75, 3.05) is 20.2 Å². The number of carbonyl (C=O) groups excluding carboxylic acids is 1. The van der Waals surface area contributed by atoms with Crippen LogP contribution in [0.25, 0.3) is 0 Å². The number of methoxy groups -OCH3 is 1. The number of hydrogen-bond acceptors (Lipinski definition) is 4. The second-order valence-corrected chi connectivity index (χ2v) is 4.62. The van der Waals surface area contributed by atoms with Crippen LogP contribution in [0.3, 0.4) is 0 Å². The van der Waals surface area contributed by atoms with Gasteiger partial charge in [-0.3, -0.25) is 9.69 Å². The number of halogens is 1. The van der Waals surface area contributed by atoms with Crippen LogP contribution in [0.1, 0.15) is 26.2 Å². The molecule has 0 aromatic carbocycles. The van der Waals surface area contributed by atoms with E-state index in [9.17, 15) is 4.79 Å². The Bertz CT molecular complexity index is 250. The summed E-state index contributed by atoms with van der Waals surface area (Å²) >= 11 is 0. The molecule has 2 rings (SSSR count). The zero-order valence-electron chi connectivity index (χ0n) is 9.94. The van der Waals surface area contributed by atoms with Gasteiger partial charge in [0.1, 0.15) is 6.04 Å². The number of nitrogens with zero attached hydrogens (tertiary/aromatic N) is 1. The maximum atomic E-state index is 11.4. The minimum atomic E-state index is -0.118. The van der Waals surface area contributed by atoms with Gasteiger partial charge in [-0.15, -0.1) is 12.4 Å². The number of fused-ring (bicyclic) bond motifs is 2. The molecule has 0 spiro atoms. The maximum Gasteiger partial charge on any atom is 0.322 e. The number of hydrogen-bond donors (Lipinski definition) is 1. The predicted molar refractivity (Wildman–Crippen MR) is 64.9 cm³/mol. The third-order valence-corrected chi connectivity index (χ3v) is 3.64. The van der Waals surface area contributed by atoms with Gasteiger partial charge < -0.3 is 10.1 Å². The molecule has 2 aliphatic rings. The summed E-state index contributed by atoms with van der Waals surface area (Å²) in [4.78, 5) is 13.7. The van der Waals surface area contributed by atoms with Gasteiger partial charge in [0.15, 0.2) is 0 Å². The van der Waals surface area contributed by atoms with Crippen molar-refractivity contribution < 1.29 is 9.53 Å². The molecule has 1 N–H and O–H groups in total. The molecule has 3 atom stereocenters. The number of esters is 1. The summed E-state index contributed by atoms with van der Waals surface area (Å²) < 4.78 is 4.79. The largest absolute Gasteiger partial charge is 0.468 e. The van der Waals surface area contributed by atoms with E-state index in [1.807, 2.05) is 6.92 Å². The van der Waals surface area contributed by atoms with E-state index in [0.717, 1.165) is 19.5 Å². The van der Waals surface area contributed by atoms with E-state index in [1.165, 1.54) is 20.0 Å². The Hall–Kier alpha value is -0.320. The Balaban J connectivity index is 0.00000128. The molecule has 2 bridgehead atoms. The van der Waals surface area contributed by atoms with Gasteiger partial charge >= 0.3 is 5.97 Å². The highest BCUT2D eigenvalue weighted by Crippen LogP contribution is 2.21. The Morgan fingerprint density at radius 3 is 2.75 bits per heavy atom. The fraction of sp³-hybridized carbons (Fsp3) is 0.909. The van der Waals surface area contributed by atoms with Gasteiger partial charge in [0, 0.05) is 25.2 Å². The van der Waals surface area contributed by atoms with Crippen molar-refractivity contribution in [2.45, 2.75) is 44.3 Å². The van der Waals surface area contributed by atoms with E-state index in [4.69, 9.17) is 4.74 Å². The topological polar surface area (TPSA) is 41.6 Å². The van der Waals surface area contributed by atoms with Crippen LogP contribution in [0.4, 0.5) is 0 Å². The van der Waals surface area contributed by atoms with Crippen LogP contribution in [0.5, 0.6) is 0 Å². The first-order chi connectivity index (χ1) is 7.20. The zero-order valence-corrected chi connectivity index (χ0v) is 10.8. The molecule has 2 aliphatic heterocycles. The molecule has 2 heterocycles. The van der Waals surface area contributed by atoms with Gasteiger partial charge in [0.2, 0.25) is 0 Å². The van der Waals surface area contributed by atoms with E-state index in [1.54, 1.807) is 0 Å². The van der Waals surface area contributed by atoms with Crippen molar-refractivity contribution in [3.63, 3.8) is 0 Å². The SMILES string of the molecule is COC(=O)C(C)N1CCC2CCC(C1)N2.Cl. The van der Waals surface area contributed by atoms with Gasteiger partial charge in [-0.2, -0.15) is 0 Å². The summed E-state index contributed by atoms with van der Waals surface area (Å²) in [6, 6.07) is 1.14. The number of rotatable bonds is 2. The summed E-state index contributed by atoms with van der Waals surface area (Å²) in [5.74, 6) is -0.118. The number of ether oxygens (including phenoxy) is 1. The quantitative estimate of drug-likeness (QED) is 0.734. The molecule has 0 amide bonds. The molecule has 94 valence electrons. The Morgan fingerprint density at radius 2 is 2.06 bits per heavy atom. The molecule has 16 heavy (non-hydrogen) atoms. The lowest BCUT2D eigenvalue weighted by Crippen LogP contribution is -2.44. The van der Waals surface area contributed by atoms with Gasteiger partial charge in [-0.25, -0.2) is 0 Å². The Morgan fingerprint density at radius 1 is 1.38 bits per heavy atom. The number of carbonyl (C=O) groups is 1. The standard InChI is InChI=1S/C11H20N2O2.ClH/c1-8(11(14)15-2)13-6-5-9-3-4-10(7-13)12-9;/h8-10,12H,3-7H2,1-2H3;1H. The Kier molecular flexibility index (Phi) is 5.02. The molecule has 3 unspecified atom stereocenters. The van der Waals surface area contributed by atoms with Crippen LogP contribution in [0, 0.1) is 0 Å². The summed E-state index contributed by atoms with van der Waals surface area (Å²) in [6.07, 6.45) is 3.69. The predicted octanol–water partition coefficient (Wildman–Crippen LogP) is 0.796. The molecule has 0 aromatic heterocycles. The molecular weight excluding hydrogens is 228 g/mol. The van der Waals surface area contributed by atoms with Gasteiger partial charge in [0.25, 0.3) is 0 Å². The van der Waals surface area contributed by atoms with E-state index < -0.39 is 0 Å². The zero-order chi connectivity index (χ0) is 10.8. The monoisotopic (exact) mass is 248 g/mol. The maximum absolute atomic E-state index is 11.4. The molecule has 0 aromatic rings. The van der Waals surface area contributed by atoms with E-state index in [-0.39, 0.29) is 24.4 Å². The molecule has 2 saturated heterocycles. The molecule has 2 fully saturated rings. The summed E-state index contributed by atoms with van der Waals surface area (Å²) in [5.41, 5.74) is 0. The van der Waals surface area contributed by atoms with Crippen LogP contribution in [-0.2, 0) is 9.53 Å². The second kappa shape index (κ2) is 5.84. The van der Waals surface area contributed by atoms with Crippen LogP contribution in [0.2, 0.25) is 0 Å². The highest BCUT2D eigenvalue weighted by molar-refractivity contribution is 5.85. The lowest BCUT2D eigenvalue weighted by atomic mass is 10.1. The van der Waals surface area contributed by atoms with Gasteiger partial charge in [-0.05, 0) is 26.2 Å². The van der Waals surface area contributed by atoms with E-state index in [0.29, 0.717) is 12.1 Å². The molecule has 0 radical (unpaired) electrons. The molecule has 5 heteroatoms. The second-order valence-electron chi connectivity index (χ2n) is 4.62. The first-order valence-electron chi connectivity index (χ1n) is 5.78. The van der Waals surface area contributed by atoms with Crippen LogP contribution in [-0.4, -0.2) is 49.2 Å². The van der Waals surface area contributed by atoms with Crippen LogP contribution < -0.4 is 5.32 Å². The van der Waals surface area contributed by atoms with Crippen molar-refractivity contribution in [3.05, 3.63) is 0 Å². The normalized spacial score (nSPS) is 31.4. The van der Waals surface area contributed by atoms with E-state index in [2.05, 4.69) is 10.2 Å². The third-order valence-electron chi connectivity index (χ3n) is 3.64. The summed E-state index contributed by atoms with van der Waals surface area (Å²) in [5, 5.41) is 3.60. The lowest BCUT2D eigenvalue weighted by Gasteiger charge is -2.28.